The second-order valence-corrected chi connectivity index (χ2v) is 4.71. The zero-order valence-electron chi connectivity index (χ0n) is 9.47. The van der Waals surface area contributed by atoms with Crippen LogP contribution >= 0.6 is 23.2 Å². The van der Waals surface area contributed by atoms with Crippen LogP contribution in [0.4, 0.5) is 4.39 Å². The number of alkyl halides is 1. The topological polar surface area (TPSA) is 29.1 Å². The van der Waals surface area contributed by atoms with E-state index < -0.39 is 5.82 Å². The molecule has 2 nitrogen and oxygen atoms in total. The van der Waals surface area contributed by atoms with Crippen LogP contribution in [-0.4, -0.2) is 17.8 Å². The SMILES string of the molecule is CCC(Cl)CNC(=O)Cc1c(F)cccc1Cl. The average Bonchev–Trinajstić information content (AvgIpc) is 2.31. The zero-order chi connectivity index (χ0) is 12.8. The summed E-state index contributed by atoms with van der Waals surface area (Å²) >= 11 is 11.7. The van der Waals surface area contributed by atoms with Gasteiger partial charge in [-0.05, 0) is 18.6 Å². The molecule has 0 radical (unpaired) electrons. The minimum absolute atomic E-state index is 0.0706. The summed E-state index contributed by atoms with van der Waals surface area (Å²) in [5, 5.41) is 2.80. The standard InChI is InChI=1S/C12H14Cl2FNO/c1-2-8(13)7-16-12(17)6-9-10(14)4-3-5-11(9)15/h3-5,8H,2,6-7H2,1H3,(H,16,17). The first-order chi connectivity index (χ1) is 8.04. The van der Waals surface area contributed by atoms with Crippen molar-refractivity contribution in [2.24, 2.45) is 0 Å². The average molecular weight is 278 g/mol. The molecule has 0 saturated heterocycles. The van der Waals surface area contributed by atoms with Gasteiger partial charge in [0.2, 0.25) is 5.91 Å². The van der Waals surface area contributed by atoms with Crippen molar-refractivity contribution in [3.05, 3.63) is 34.6 Å². The monoisotopic (exact) mass is 277 g/mol. The van der Waals surface area contributed by atoms with Crippen molar-refractivity contribution >= 4 is 29.1 Å². The lowest BCUT2D eigenvalue weighted by Crippen LogP contribution is -2.31. The second kappa shape index (κ2) is 6.82. The van der Waals surface area contributed by atoms with Gasteiger partial charge in [0.05, 0.1) is 11.8 Å². The molecular formula is C12H14Cl2FNO. The molecule has 94 valence electrons. The van der Waals surface area contributed by atoms with Crippen LogP contribution in [0, 0.1) is 5.82 Å². The predicted octanol–water partition coefficient (Wildman–Crippen LogP) is 3.16. The third kappa shape index (κ3) is 4.52. The number of halogens is 3. The zero-order valence-corrected chi connectivity index (χ0v) is 11.0. The quantitative estimate of drug-likeness (QED) is 0.824. The number of amides is 1. The number of rotatable bonds is 5. The van der Waals surface area contributed by atoms with Crippen LogP contribution in [0.3, 0.4) is 0 Å². The molecule has 1 rings (SSSR count). The Morgan fingerprint density at radius 3 is 2.82 bits per heavy atom. The Morgan fingerprint density at radius 1 is 1.53 bits per heavy atom. The van der Waals surface area contributed by atoms with E-state index in [9.17, 15) is 9.18 Å². The first-order valence-electron chi connectivity index (χ1n) is 5.38. The molecule has 0 saturated carbocycles. The highest BCUT2D eigenvalue weighted by Gasteiger charge is 2.12. The molecule has 1 aromatic rings. The van der Waals surface area contributed by atoms with Gasteiger partial charge >= 0.3 is 0 Å². The summed E-state index contributed by atoms with van der Waals surface area (Å²) in [6.07, 6.45) is 0.696. The number of nitrogens with one attached hydrogen (secondary N) is 1. The van der Waals surface area contributed by atoms with Gasteiger partial charge in [0.25, 0.3) is 0 Å². The van der Waals surface area contributed by atoms with E-state index in [1.165, 1.54) is 12.1 Å². The first kappa shape index (κ1) is 14.3. The number of carbonyl (C=O) groups is 1. The summed E-state index contributed by atoms with van der Waals surface area (Å²) in [5.74, 6) is -0.748. The van der Waals surface area contributed by atoms with Crippen LogP contribution in [-0.2, 0) is 11.2 Å². The number of carbonyl (C=O) groups excluding carboxylic acids is 1. The maximum Gasteiger partial charge on any atom is 0.224 e. The van der Waals surface area contributed by atoms with Gasteiger partial charge in [0.1, 0.15) is 5.82 Å². The molecule has 0 bridgehead atoms. The lowest BCUT2D eigenvalue weighted by molar-refractivity contribution is -0.120. The highest BCUT2D eigenvalue weighted by atomic mass is 35.5. The summed E-state index contributed by atoms with van der Waals surface area (Å²) in [7, 11) is 0. The third-order valence-electron chi connectivity index (χ3n) is 2.36. The third-order valence-corrected chi connectivity index (χ3v) is 3.18. The Labute approximate surface area is 110 Å². The van der Waals surface area contributed by atoms with Crippen molar-refractivity contribution in [1.29, 1.82) is 0 Å². The van der Waals surface area contributed by atoms with Crippen LogP contribution in [0.15, 0.2) is 18.2 Å². The van der Waals surface area contributed by atoms with E-state index in [0.29, 0.717) is 6.54 Å². The predicted molar refractivity (Wildman–Crippen MR) is 68.1 cm³/mol. The highest BCUT2D eigenvalue weighted by Crippen LogP contribution is 2.19. The van der Waals surface area contributed by atoms with E-state index in [-0.39, 0.29) is 28.3 Å². The summed E-state index contributed by atoms with van der Waals surface area (Å²) < 4.78 is 13.4. The van der Waals surface area contributed by atoms with E-state index >= 15 is 0 Å². The maximum atomic E-state index is 13.4. The Kier molecular flexibility index (Phi) is 5.72. The molecule has 1 aromatic carbocycles. The van der Waals surface area contributed by atoms with Crippen LogP contribution in [0.5, 0.6) is 0 Å². The lowest BCUT2D eigenvalue weighted by Gasteiger charge is -2.09. The van der Waals surface area contributed by atoms with Gasteiger partial charge in [-0.1, -0.05) is 24.6 Å². The van der Waals surface area contributed by atoms with E-state index in [1.54, 1.807) is 6.07 Å². The molecule has 0 spiro atoms. The highest BCUT2D eigenvalue weighted by molar-refractivity contribution is 6.31. The Balaban J connectivity index is 2.56. The normalized spacial score (nSPS) is 12.2. The molecule has 1 amide bonds. The van der Waals surface area contributed by atoms with Gasteiger partial charge in [-0.3, -0.25) is 4.79 Å². The molecule has 0 aliphatic rings. The minimum Gasteiger partial charge on any atom is -0.354 e. The molecule has 0 aliphatic carbocycles. The summed E-state index contributed by atoms with van der Waals surface area (Å²) in [6.45, 7) is 2.31. The Bertz CT molecular complexity index is 378. The molecule has 1 unspecified atom stereocenters. The van der Waals surface area contributed by atoms with Gasteiger partial charge in [0.15, 0.2) is 0 Å². The van der Waals surface area contributed by atoms with Crippen molar-refractivity contribution in [3.8, 4) is 0 Å². The number of hydrogen-bond donors (Lipinski definition) is 1. The molecular weight excluding hydrogens is 264 g/mol. The molecule has 0 heterocycles. The molecule has 5 heteroatoms. The Hall–Kier alpha value is -0.800. The van der Waals surface area contributed by atoms with Gasteiger partial charge in [0, 0.05) is 17.1 Å². The van der Waals surface area contributed by atoms with Crippen molar-refractivity contribution in [3.63, 3.8) is 0 Å². The largest absolute Gasteiger partial charge is 0.354 e. The van der Waals surface area contributed by atoms with E-state index in [0.717, 1.165) is 6.42 Å². The summed E-state index contributed by atoms with van der Waals surface area (Å²) in [4.78, 5) is 11.5. The van der Waals surface area contributed by atoms with E-state index in [4.69, 9.17) is 23.2 Å². The van der Waals surface area contributed by atoms with Gasteiger partial charge in [-0.25, -0.2) is 4.39 Å². The minimum atomic E-state index is -0.467. The van der Waals surface area contributed by atoms with Crippen LogP contribution in [0.2, 0.25) is 5.02 Å². The molecule has 0 aliphatic heterocycles. The van der Waals surface area contributed by atoms with Crippen molar-refractivity contribution in [2.75, 3.05) is 6.54 Å². The fourth-order valence-corrected chi connectivity index (χ4v) is 1.60. The number of hydrogen-bond acceptors (Lipinski definition) is 1. The van der Waals surface area contributed by atoms with E-state index in [2.05, 4.69) is 5.32 Å². The molecule has 1 atom stereocenters. The fraction of sp³-hybridized carbons (Fsp3) is 0.417. The van der Waals surface area contributed by atoms with Gasteiger partial charge < -0.3 is 5.32 Å². The second-order valence-electron chi connectivity index (χ2n) is 3.69. The van der Waals surface area contributed by atoms with Gasteiger partial charge in [-0.2, -0.15) is 0 Å². The molecule has 0 aromatic heterocycles. The molecule has 17 heavy (non-hydrogen) atoms. The summed E-state index contributed by atoms with van der Waals surface area (Å²) in [5.41, 5.74) is 0.217. The molecule has 0 fully saturated rings. The Morgan fingerprint density at radius 2 is 2.24 bits per heavy atom. The lowest BCUT2D eigenvalue weighted by atomic mass is 10.1. The fourth-order valence-electron chi connectivity index (χ4n) is 1.29. The van der Waals surface area contributed by atoms with Crippen LogP contribution < -0.4 is 5.32 Å². The smallest absolute Gasteiger partial charge is 0.224 e. The molecule has 1 N–H and O–H groups in total. The maximum absolute atomic E-state index is 13.4. The van der Waals surface area contributed by atoms with Crippen molar-refractivity contribution < 1.29 is 9.18 Å². The van der Waals surface area contributed by atoms with Crippen LogP contribution in [0.1, 0.15) is 18.9 Å². The van der Waals surface area contributed by atoms with Crippen LogP contribution in [0.25, 0.3) is 0 Å². The van der Waals surface area contributed by atoms with Crippen molar-refractivity contribution in [1.82, 2.24) is 5.32 Å². The van der Waals surface area contributed by atoms with E-state index in [1.807, 2.05) is 6.92 Å². The summed E-state index contributed by atoms with van der Waals surface area (Å²) in [6, 6.07) is 4.35. The first-order valence-corrected chi connectivity index (χ1v) is 6.19. The number of benzene rings is 1. The van der Waals surface area contributed by atoms with Crippen molar-refractivity contribution in [2.45, 2.75) is 25.1 Å². The van der Waals surface area contributed by atoms with Gasteiger partial charge in [-0.15, -0.1) is 11.6 Å².